The molecule has 5 heteroatoms. The Morgan fingerprint density at radius 1 is 1.09 bits per heavy atom. The van der Waals surface area contributed by atoms with Crippen LogP contribution in [0, 0.1) is 0 Å². The summed E-state index contributed by atoms with van der Waals surface area (Å²) < 4.78 is 16.0. The third kappa shape index (κ3) is 3.04. The van der Waals surface area contributed by atoms with Crippen LogP contribution in [0.1, 0.15) is 18.6 Å². The van der Waals surface area contributed by atoms with Gasteiger partial charge >= 0.3 is 0 Å². The number of allylic oxidation sites excluding steroid dienone is 2. The minimum Gasteiger partial charge on any atom is -0.493 e. The molecule has 5 nitrogen and oxygen atoms in total. The van der Waals surface area contributed by atoms with Crippen molar-refractivity contribution in [2.75, 3.05) is 28.4 Å². The SMILES string of the molecule is COc1cc(C(O)C2C=C(C)C=CN2C)cc(OC)c1OC. The molecule has 0 saturated carbocycles. The second-order valence-corrected chi connectivity index (χ2v) is 5.29. The van der Waals surface area contributed by atoms with Crippen LogP contribution < -0.4 is 14.2 Å². The van der Waals surface area contributed by atoms with E-state index in [0.29, 0.717) is 22.8 Å². The van der Waals surface area contributed by atoms with E-state index in [9.17, 15) is 5.11 Å². The van der Waals surface area contributed by atoms with Crippen molar-refractivity contribution in [2.24, 2.45) is 0 Å². The van der Waals surface area contributed by atoms with Crippen LogP contribution in [0.15, 0.2) is 36.1 Å². The molecule has 2 rings (SSSR count). The molecule has 1 heterocycles. The van der Waals surface area contributed by atoms with Crippen LogP contribution in [-0.4, -0.2) is 44.4 Å². The summed E-state index contributed by atoms with van der Waals surface area (Å²) in [5.74, 6) is 1.58. The maximum atomic E-state index is 10.8. The highest BCUT2D eigenvalue weighted by atomic mass is 16.5. The number of ether oxygens (including phenoxy) is 3. The van der Waals surface area contributed by atoms with Crippen molar-refractivity contribution < 1.29 is 19.3 Å². The van der Waals surface area contributed by atoms with Crippen LogP contribution in [0.3, 0.4) is 0 Å². The van der Waals surface area contributed by atoms with Gasteiger partial charge in [0.2, 0.25) is 5.75 Å². The first-order valence-corrected chi connectivity index (χ1v) is 7.08. The van der Waals surface area contributed by atoms with Gasteiger partial charge in [-0.15, -0.1) is 0 Å². The predicted octanol–water partition coefficient (Wildman–Crippen LogP) is 2.52. The van der Waals surface area contributed by atoms with Crippen molar-refractivity contribution in [1.29, 1.82) is 0 Å². The fraction of sp³-hybridized carbons (Fsp3) is 0.412. The van der Waals surface area contributed by atoms with Crippen LogP contribution in [0.2, 0.25) is 0 Å². The molecule has 120 valence electrons. The van der Waals surface area contributed by atoms with Gasteiger partial charge in [0.25, 0.3) is 0 Å². The molecule has 0 fully saturated rings. The predicted molar refractivity (Wildman–Crippen MR) is 85.5 cm³/mol. The van der Waals surface area contributed by atoms with Gasteiger partial charge in [-0.3, -0.25) is 0 Å². The largest absolute Gasteiger partial charge is 0.493 e. The Labute approximate surface area is 131 Å². The zero-order valence-corrected chi connectivity index (χ0v) is 13.7. The first-order chi connectivity index (χ1) is 10.5. The molecule has 2 atom stereocenters. The van der Waals surface area contributed by atoms with Crippen molar-refractivity contribution in [3.05, 3.63) is 41.6 Å². The van der Waals surface area contributed by atoms with Crippen molar-refractivity contribution in [3.8, 4) is 17.2 Å². The lowest BCUT2D eigenvalue weighted by Crippen LogP contribution is -2.33. The van der Waals surface area contributed by atoms with Gasteiger partial charge in [-0.05, 0) is 36.9 Å². The fourth-order valence-corrected chi connectivity index (χ4v) is 2.56. The molecule has 0 amide bonds. The van der Waals surface area contributed by atoms with E-state index < -0.39 is 6.10 Å². The molecule has 1 aliphatic rings. The molecule has 0 radical (unpaired) electrons. The molecule has 0 spiro atoms. The van der Waals surface area contributed by atoms with Gasteiger partial charge in [0.15, 0.2) is 11.5 Å². The smallest absolute Gasteiger partial charge is 0.203 e. The Bertz CT molecular complexity index is 569. The molecular weight excluding hydrogens is 282 g/mol. The lowest BCUT2D eigenvalue weighted by molar-refractivity contribution is 0.107. The molecule has 0 aliphatic carbocycles. The molecule has 0 aromatic heterocycles. The highest BCUT2D eigenvalue weighted by Crippen LogP contribution is 2.40. The van der Waals surface area contributed by atoms with E-state index in [0.717, 1.165) is 5.57 Å². The Morgan fingerprint density at radius 3 is 2.18 bits per heavy atom. The summed E-state index contributed by atoms with van der Waals surface area (Å²) in [6, 6.07) is 3.41. The van der Waals surface area contributed by atoms with Crippen LogP contribution in [-0.2, 0) is 0 Å². The maximum absolute atomic E-state index is 10.8. The lowest BCUT2D eigenvalue weighted by atomic mass is 9.97. The molecule has 2 unspecified atom stereocenters. The number of hydrogen-bond donors (Lipinski definition) is 1. The first kappa shape index (κ1) is 16.2. The summed E-state index contributed by atoms with van der Waals surface area (Å²) in [4.78, 5) is 1.97. The molecular formula is C17H23NO4. The molecule has 22 heavy (non-hydrogen) atoms. The fourth-order valence-electron chi connectivity index (χ4n) is 2.56. The average Bonchev–Trinajstić information content (AvgIpc) is 2.54. The van der Waals surface area contributed by atoms with Gasteiger partial charge < -0.3 is 24.2 Å². The van der Waals surface area contributed by atoms with E-state index in [2.05, 4.69) is 0 Å². The van der Waals surface area contributed by atoms with Gasteiger partial charge in [0, 0.05) is 7.05 Å². The quantitative estimate of drug-likeness (QED) is 0.906. The average molecular weight is 305 g/mol. The van der Waals surface area contributed by atoms with Crippen molar-refractivity contribution in [3.63, 3.8) is 0 Å². The summed E-state index contributed by atoms with van der Waals surface area (Å²) in [6.45, 7) is 2.01. The summed E-state index contributed by atoms with van der Waals surface area (Å²) in [6.07, 6.45) is 5.30. The highest BCUT2D eigenvalue weighted by molar-refractivity contribution is 5.54. The maximum Gasteiger partial charge on any atom is 0.203 e. The highest BCUT2D eigenvalue weighted by Gasteiger charge is 2.26. The standard InChI is InChI=1S/C17H23NO4/c1-11-6-7-18(2)13(8-11)16(19)12-9-14(20-3)17(22-5)15(10-12)21-4/h6-10,13,16,19H,1-5H3. The topological polar surface area (TPSA) is 51.2 Å². The van der Waals surface area contributed by atoms with Crippen molar-refractivity contribution in [2.45, 2.75) is 19.1 Å². The summed E-state index contributed by atoms with van der Waals surface area (Å²) in [7, 11) is 6.62. The monoisotopic (exact) mass is 305 g/mol. The Kier molecular flexibility index (Phi) is 4.98. The normalized spacial score (nSPS) is 18.7. The van der Waals surface area contributed by atoms with E-state index in [1.807, 2.05) is 37.2 Å². The van der Waals surface area contributed by atoms with E-state index >= 15 is 0 Å². The molecule has 1 aliphatic heterocycles. The van der Waals surface area contributed by atoms with E-state index in [-0.39, 0.29) is 6.04 Å². The minimum absolute atomic E-state index is 0.146. The van der Waals surface area contributed by atoms with Crippen LogP contribution >= 0.6 is 0 Å². The van der Waals surface area contributed by atoms with Crippen LogP contribution in [0.4, 0.5) is 0 Å². The van der Waals surface area contributed by atoms with Crippen molar-refractivity contribution >= 4 is 0 Å². The van der Waals surface area contributed by atoms with Crippen molar-refractivity contribution in [1.82, 2.24) is 4.90 Å². The van der Waals surface area contributed by atoms with Gasteiger partial charge in [-0.2, -0.15) is 0 Å². The van der Waals surface area contributed by atoms with E-state index in [1.165, 1.54) is 0 Å². The van der Waals surface area contributed by atoms with Gasteiger partial charge in [0.05, 0.1) is 27.4 Å². The Morgan fingerprint density at radius 2 is 1.68 bits per heavy atom. The zero-order valence-electron chi connectivity index (χ0n) is 13.7. The molecule has 1 aromatic carbocycles. The third-order valence-electron chi connectivity index (χ3n) is 3.83. The van der Waals surface area contributed by atoms with Crippen LogP contribution in [0.5, 0.6) is 17.2 Å². The number of likely N-dealkylation sites (N-methyl/N-ethyl adjacent to an activating group) is 1. The summed E-state index contributed by atoms with van der Waals surface area (Å²) in [5, 5.41) is 10.8. The first-order valence-electron chi connectivity index (χ1n) is 7.08. The van der Waals surface area contributed by atoms with E-state index in [4.69, 9.17) is 14.2 Å². The zero-order chi connectivity index (χ0) is 16.3. The molecule has 0 saturated heterocycles. The molecule has 1 N–H and O–H groups in total. The lowest BCUT2D eigenvalue weighted by Gasteiger charge is -2.32. The number of aliphatic hydroxyl groups excluding tert-OH is 1. The number of hydrogen-bond acceptors (Lipinski definition) is 5. The number of nitrogens with zero attached hydrogens (tertiary/aromatic N) is 1. The summed E-state index contributed by atoms with van der Waals surface area (Å²) >= 11 is 0. The minimum atomic E-state index is -0.710. The van der Waals surface area contributed by atoms with Gasteiger partial charge in [-0.25, -0.2) is 0 Å². The summed E-state index contributed by atoms with van der Waals surface area (Å²) in [5.41, 5.74) is 1.83. The second-order valence-electron chi connectivity index (χ2n) is 5.29. The number of aliphatic hydroxyl groups is 1. The van der Waals surface area contributed by atoms with Crippen LogP contribution in [0.25, 0.3) is 0 Å². The second kappa shape index (κ2) is 6.75. The molecule has 0 bridgehead atoms. The van der Waals surface area contributed by atoms with Gasteiger partial charge in [0.1, 0.15) is 6.10 Å². The Hall–Kier alpha value is -2.14. The Balaban J connectivity index is 2.41. The number of rotatable bonds is 5. The van der Waals surface area contributed by atoms with Gasteiger partial charge in [-0.1, -0.05) is 11.6 Å². The third-order valence-corrected chi connectivity index (χ3v) is 3.83. The number of benzene rings is 1. The van der Waals surface area contributed by atoms with E-state index in [1.54, 1.807) is 33.5 Å². The molecule has 1 aromatic rings. The number of methoxy groups -OCH3 is 3.